The number of pyridine rings is 1. The molecule has 0 aliphatic carbocycles. The summed E-state index contributed by atoms with van der Waals surface area (Å²) in [4.78, 5) is 4.27. The fourth-order valence-electron chi connectivity index (χ4n) is 2.52. The molecule has 20 heavy (non-hydrogen) atoms. The van der Waals surface area contributed by atoms with E-state index < -0.39 is 0 Å². The van der Waals surface area contributed by atoms with Gasteiger partial charge in [-0.2, -0.15) is 0 Å². The molecule has 0 fully saturated rings. The number of hydrogen-bond acceptors (Lipinski definition) is 2. The van der Waals surface area contributed by atoms with E-state index in [1.54, 1.807) is 6.20 Å². The Hall–Kier alpha value is -1.35. The van der Waals surface area contributed by atoms with Crippen LogP contribution in [-0.2, 0) is 10.8 Å². The first-order chi connectivity index (χ1) is 9.14. The summed E-state index contributed by atoms with van der Waals surface area (Å²) in [6, 6.07) is 6.52. The standard InChI is InChI=1S/C17H22NOSi/c1-16(2,3)13-9-11-7-8-18-15(19-20)12(11)10-14(13)17(4,5)6/h7-10H,1-6H3. The van der Waals surface area contributed by atoms with Gasteiger partial charge in [0.1, 0.15) is 0 Å². The Labute approximate surface area is 125 Å². The van der Waals surface area contributed by atoms with E-state index in [1.165, 1.54) is 11.1 Å². The first kappa shape index (κ1) is 15.0. The Bertz CT molecular complexity index is 636. The summed E-state index contributed by atoms with van der Waals surface area (Å²) in [7, 11) is 3.10. The van der Waals surface area contributed by atoms with Crippen molar-refractivity contribution in [3.8, 4) is 5.88 Å². The van der Waals surface area contributed by atoms with Crippen LogP contribution in [0.3, 0.4) is 0 Å². The highest BCUT2D eigenvalue weighted by Gasteiger charge is 2.26. The summed E-state index contributed by atoms with van der Waals surface area (Å²) in [5.74, 6) is 0.616. The number of nitrogens with zero attached hydrogens (tertiary/aromatic N) is 1. The van der Waals surface area contributed by atoms with Gasteiger partial charge >= 0.3 is 10.5 Å². The largest absolute Gasteiger partial charge is 0.527 e. The molecular formula is C17H22NOSi. The smallest absolute Gasteiger partial charge is 0.343 e. The van der Waals surface area contributed by atoms with Crippen molar-refractivity contribution >= 4 is 21.3 Å². The minimum absolute atomic E-state index is 0.0790. The minimum Gasteiger partial charge on any atom is -0.527 e. The Morgan fingerprint density at radius 3 is 2.00 bits per heavy atom. The maximum atomic E-state index is 5.22. The number of hydrogen-bond donors (Lipinski definition) is 0. The van der Waals surface area contributed by atoms with Crippen LogP contribution >= 0.6 is 0 Å². The van der Waals surface area contributed by atoms with Crippen LogP contribution in [0.1, 0.15) is 52.7 Å². The first-order valence-corrected chi connectivity index (χ1v) is 7.33. The highest BCUT2D eigenvalue weighted by atomic mass is 28.2. The Kier molecular flexibility index (Phi) is 3.67. The second-order valence-electron chi connectivity index (χ2n) is 7.34. The lowest BCUT2D eigenvalue weighted by molar-refractivity contribution is 0.531. The zero-order valence-corrected chi connectivity index (χ0v) is 14.2. The van der Waals surface area contributed by atoms with Crippen LogP contribution in [-0.4, -0.2) is 15.5 Å². The molecular weight excluding hydrogens is 262 g/mol. The molecule has 0 bridgehead atoms. The maximum Gasteiger partial charge on any atom is 0.343 e. The van der Waals surface area contributed by atoms with Crippen LogP contribution in [0.2, 0.25) is 0 Å². The fraction of sp³-hybridized carbons (Fsp3) is 0.471. The average molecular weight is 284 g/mol. The highest BCUT2D eigenvalue weighted by Crippen LogP contribution is 2.38. The third kappa shape index (κ3) is 2.73. The van der Waals surface area contributed by atoms with E-state index in [0.717, 1.165) is 10.8 Å². The van der Waals surface area contributed by atoms with Gasteiger partial charge in [0.2, 0.25) is 5.88 Å². The third-order valence-corrected chi connectivity index (χ3v) is 3.77. The summed E-state index contributed by atoms with van der Waals surface area (Å²) in [5, 5.41) is 2.20. The molecule has 2 rings (SSSR count). The zero-order chi connectivity index (χ0) is 15.1. The molecule has 0 amide bonds. The van der Waals surface area contributed by atoms with Crippen LogP contribution < -0.4 is 4.43 Å². The molecule has 2 nitrogen and oxygen atoms in total. The Balaban J connectivity index is 2.86. The van der Waals surface area contributed by atoms with Crippen molar-refractivity contribution in [2.24, 2.45) is 0 Å². The maximum absolute atomic E-state index is 5.22. The van der Waals surface area contributed by atoms with Crippen molar-refractivity contribution in [2.75, 3.05) is 0 Å². The van der Waals surface area contributed by atoms with Gasteiger partial charge in [-0.3, -0.25) is 0 Å². The Morgan fingerprint density at radius 2 is 1.50 bits per heavy atom. The molecule has 3 radical (unpaired) electrons. The number of rotatable bonds is 1. The van der Waals surface area contributed by atoms with Crippen molar-refractivity contribution in [1.82, 2.24) is 4.98 Å². The van der Waals surface area contributed by atoms with Gasteiger partial charge in [-0.1, -0.05) is 47.6 Å². The summed E-state index contributed by atoms with van der Waals surface area (Å²) in [5.41, 5.74) is 2.91. The van der Waals surface area contributed by atoms with Gasteiger partial charge in [-0.05, 0) is 39.5 Å². The SMILES string of the molecule is CC(C)(C)c1cc2ccnc(O[Si])c2cc1C(C)(C)C. The van der Waals surface area contributed by atoms with E-state index in [4.69, 9.17) is 4.43 Å². The van der Waals surface area contributed by atoms with Gasteiger partial charge in [-0.25, -0.2) is 4.98 Å². The van der Waals surface area contributed by atoms with Crippen molar-refractivity contribution < 1.29 is 4.43 Å². The van der Waals surface area contributed by atoms with Crippen LogP contribution in [0, 0.1) is 0 Å². The summed E-state index contributed by atoms with van der Waals surface area (Å²) in [6.45, 7) is 13.5. The lowest BCUT2D eigenvalue weighted by Crippen LogP contribution is -2.22. The monoisotopic (exact) mass is 284 g/mol. The number of fused-ring (bicyclic) bond motifs is 1. The van der Waals surface area contributed by atoms with E-state index in [9.17, 15) is 0 Å². The van der Waals surface area contributed by atoms with E-state index in [0.29, 0.717) is 5.88 Å². The van der Waals surface area contributed by atoms with Crippen molar-refractivity contribution in [3.05, 3.63) is 35.5 Å². The highest BCUT2D eigenvalue weighted by molar-refractivity contribution is 6.02. The molecule has 1 heterocycles. The van der Waals surface area contributed by atoms with Gasteiger partial charge in [-0.15, -0.1) is 0 Å². The average Bonchev–Trinajstić information content (AvgIpc) is 2.34. The quantitative estimate of drug-likeness (QED) is 0.729. The summed E-state index contributed by atoms with van der Waals surface area (Å²) in [6.07, 6.45) is 1.78. The first-order valence-electron chi connectivity index (χ1n) is 6.92. The molecule has 1 aromatic heterocycles. The molecule has 2 aromatic rings. The van der Waals surface area contributed by atoms with Gasteiger partial charge in [0.25, 0.3) is 0 Å². The lowest BCUT2D eigenvalue weighted by atomic mass is 9.74. The zero-order valence-electron chi connectivity index (χ0n) is 13.2. The van der Waals surface area contributed by atoms with Crippen molar-refractivity contribution in [1.29, 1.82) is 0 Å². The molecule has 105 valence electrons. The molecule has 1 aromatic carbocycles. The molecule has 3 heteroatoms. The second kappa shape index (κ2) is 4.88. The molecule has 0 aliphatic heterocycles. The van der Waals surface area contributed by atoms with Crippen LogP contribution in [0.25, 0.3) is 10.8 Å². The second-order valence-corrected chi connectivity index (χ2v) is 7.54. The fourth-order valence-corrected chi connectivity index (χ4v) is 2.68. The van der Waals surface area contributed by atoms with Crippen LogP contribution in [0.5, 0.6) is 5.88 Å². The third-order valence-electron chi connectivity index (χ3n) is 3.58. The van der Waals surface area contributed by atoms with Gasteiger partial charge in [0.05, 0.1) is 0 Å². The molecule has 0 aliphatic rings. The normalized spacial score (nSPS) is 12.8. The van der Waals surface area contributed by atoms with Crippen LogP contribution in [0.15, 0.2) is 24.4 Å². The number of benzene rings is 1. The van der Waals surface area contributed by atoms with Crippen molar-refractivity contribution in [3.63, 3.8) is 0 Å². The van der Waals surface area contributed by atoms with E-state index in [1.807, 2.05) is 6.07 Å². The molecule has 0 saturated carbocycles. The van der Waals surface area contributed by atoms with E-state index in [2.05, 4.69) is 69.1 Å². The molecule has 0 saturated heterocycles. The molecule has 0 atom stereocenters. The molecule has 0 spiro atoms. The van der Waals surface area contributed by atoms with E-state index >= 15 is 0 Å². The van der Waals surface area contributed by atoms with E-state index in [-0.39, 0.29) is 10.8 Å². The predicted molar refractivity (Wildman–Crippen MR) is 85.5 cm³/mol. The predicted octanol–water partition coefficient (Wildman–Crippen LogP) is 4.29. The van der Waals surface area contributed by atoms with Crippen molar-refractivity contribution in [2.45, 2.75) is 52.4 Å². The molecule has 0 unspecified atom stereocenters. The van der Waals surface area contributed by atoms with Crippen LogP contribution in [0.4, 0.5) is 0 Å². The van der Waals surface area contributed by atoms with Gasteiger partial charge in [0.15, 0.2) is 0 Å². The minimum atomic E-state index is 0.0790. The molecule has 0 N–H and O–H groups in total. The lowest BCUT2D eigenvalue weighted by Gasteiger charge is -2.30. The van der Waals surface area contributed by atoms with Gasteiger partial charge < -0.3 is 4.43 Å². The number of aromatic nitrogens is 1. The Morgan fingerprint density at radius 1 is 0.950 bits per heavy atom. The summed E-state index contributed by atoms with van der Waals surface area (Å²) >= 11 is 0. The summed E-state index contributed by atoms with van der Waals surface area (Å²) < 4.78 is 5.22. The van der Waals surface area contributed by atoms with Gasteiger partial charge in [0, 0.05) is 11.6 Å². The topological polar surface area (TPSA) is 22.1 Å².